The van der Waals surface area contributed by atoms with Crippen molar-refractivity contribution >= 4 is 17.8 Å². The lowest BCUT2D eigenvalue weighted by atomic mass is 9.94. The van der Waals surface area contributed by atoms with E-state index in [2.05, 4.69) is 11.9 Å². The van der Waals surface area contributed by atoms with E-state index in [9.17, 15) is 19.5 Å². The van der Waals surface area contributed by atoms with E-state index in [1.54, 1.807) is 20.2 Å². The van der Waals surface area contributed by atoms with E-state index in [1.807, 2.05) is 13.8 Å². The van der Waals surface area contributed by atoms with Gasteiger partial charge in [-0.25, -0.2) is 4.79 Å². The van der Waals surface area contributed by atoms with Crippen LogP contribution in [0.25, 0.3) is 0 Å². The molecule has 0 spiro atoms. The largest absolute Gasteiger partial charge is 0.480 e. The molecule has 0 saturated heterocycles. The maximum Gasteiger partial charge on any atom is 0.326 e. The molecule has 4 N–H and O–H groups in total. The topological polar surface area (TPSA) is 113 Å². The maximum absolute atomic E-state index is 12.1. The quantitative estimate of drug-likeness (QED) is 0.509. The summed E-state index contributed by atoms with van der Waals surface area (Å²) in [4.78, 5) is 36.9. The molecule has 0 aliphatic rings. The molecule has 0 radical (unpaired) electrons. The summed E-state index contributed by atoms with van der Waals surface area (Å²) in [7, 11) is 3.21. The second-order valence-corrected chi connectivity index (χ2v) is 6.33. The SMILES string of the molecule is C=CCC(C[C@H](NC(=O)C(N)CC(C)C)C(=O)O)C(=O)N(C)C. The molecule has 3 atom stereocenters. The van der Waals surface area contributed by atoms with Crippen molar-refractivity contribution in [3.8, 4) is 0 Å². The highest BCUT2D eigenvalue weighted by Gasteiger charge is 2.29. The molecular formula is C16H29N3O4. The van der Waals surface area contributed by atoms with E-state index in [0.29, 0.717) is 12.8 Å². The molecule has 0 aliphatic carbocycles. The molecule has 7 heteroatoms. The number of carbonyl (C=O) groups is 3. The summed E-state index contributed by atoms with van der Waals surface area (Å²) in [5, 5.41) is 11.8. The minimum atomic E-state index is -1.18. The van der Waals surface area contributed by atoms with Gasteiger partial charge in [-0.1, -0.05) is 19.9 Å². The Morgan fingerprint density at radius 1 is 1.26 bits per heavy atom. The van der Waals surface area contributed by atoms with Crippen LogP contribution < -0.4 is 11.1 Å². The van der Waals surface area contributed by atoms with Crippen LogP contribution in [0.1, 0.15) is 33.1 Å². The van der Waals surface area contributed by atoms with E-state index in [1.165, 1.54) is 4.90 Å². The first-order valence-corrected chi connectivity index (χ1v) is 7.70. The second kappa shape index (κ2) is 9.99. The Labute approximate surface area is 137 Å². The van der Waals surface area contributed by atoms with Crippen molar-refractivity contribution in [1.29, 1.82) is 0 Å². The van der Waals surface area contributed by atoms with Gasteiger partial charge in [0.05, 0.1) is 6.04 Å². The number of nitrogens with zero attached hydrogens (tertiary/aromatic N) is 1. The number of nitrogens with two attached hydrogens (primary N) is 1. The molecule has 0 aromatic rings. The van der Waals surface area contributed by atoms with Crippen LogP contribution in [-0.2, 0) is 14.4 Å². The number of carbonyl (C=O) groups excluding carboxylic acids is 2. The first-order valence-electron chi connectivity index (χ1n) is 7.70. The molecule has 2 unspecified atom stereocenters. The van der Waals surface area contributed by atoms with Crippen molar-refractivity contribution in [2.45, 2.75) is 45.2 Å². The van der Waals surface area contributed by atoms with E-state index in [4.69, 9.17) is 5.73 Å². The van der Waals surface area contributed by atoms with Gasteiger partial charge in [0, 0.05) is 20.0 Å². The van der Waals surface area contributed by atoms with Crippen LogP contribution in [0.5, 0.6) is 0 Å². The van der Waals surface area contributed by atoms with Crippen molar-refractivity contribution in [3.63, 3.8) is 0 Å². The fraction of sp³-hybridized carbons (Fsp3) is 0.688. The lowest BCUT2D eigenvalue weighted by molar-refractivity contribution is -0.143. The molecule has 0 bridgehead atoms. The number of nitrogens with one attached hydrogen (secondary N) is 1. The number of carboxylic acid groups (broad SMARTS) is 1. The molecule has 0 heterocycles. The Balaban J connectivity index is 4.96. The fourth-order valence-corrected chi connectivity index (χ4v) is 2.26. The molecule has 0 aliphatic heterocycles. The number of aliphatic carboxylic acids is 1. The zero-order chi connectivity index (χ0) is 18.2. The van der Waals surface area contributed by atoms with Gasteiger partial charge in [0.1, 0.15) is 6.04 Å². The second-order valence-electron chi connectivity index (χ2n) is 6.33. The highest BCUT2D eigenvalue weighted by atomic mass is 16.4. The average molecular weight is 327 g/mol. The van der Waals surface area contributed by atoms with E-state index in [-0.39, 0.29) is 18.2 Å². The predicted octanol–water partition coefficient (Wildman–Crippen LogP) is 0.600. The molecular weight excluding hydrogens is 298 g/mol. The summed E-state index contributed by atoms with van der Waals surface area (Å²) < 4.78 is 0. The Bertz CT molecular complexity index is 435. The normalized spacial score (nSPS) is 14.7. The third-order valence-electron chi connectivity index (χ3n) is 3.44. The van der Waals surface area contributed by atoms with Crippen molar-refractivity contribution < 1.29 is 19.5 Å². The van der Waals surface area contributed by atoms with Gasteiger partial charge in [0.25, 0.3) is 0 Å². The van der Waals surface area contributed by atoms with Crippen LogP contribution in [0.3, 0.4) is 0 Å². The Hall–Kier alpha value is -1.89. The summed E-state index contributed by atoms with van der Waals surface area (Å²) in [5.74, 6) is -2.22. The monoisotopic (exact) mass is 327 g/mol. The molecule has 23 heavy (non-hydrogen) atoms. The molecule has 132 valence electrons. The van der Waals surface area contributed by atoms with Crippen molar-refractivity contribution in [2.75, 3.05) is 14.1 Å². The van der Waals surface area contributed by atoms with E-state index in [0.717, 1.165) is 0 Å². The number of rotatable bonds is 10. The van der Waals surface area contributed by atoms with Crippen molar-refractivity contribution in [2.24, 2.45) is 17.6 Å². The number of allylic oxidation sites excluding steroid dienone is 1. The predicted molar refractivity (Wildman–Crippen MR) is 88.6 cm³/mol. The van der Waals surface area contributed by atoms with Crippen LogP contribution >= 0.6 is 0 Å². The first kappa shape index (κ1) is 21.1. The minimum absolute atomic E-state index is 0.00148. The third kappa shape index (κ3) is 7.78. The smallest absolute Gasteiger partial charge is 0.326 e. The minimum Gasteiger partial charge on any atom is -0.480 e. The van der Waals surface area contributed by atoms with E-state index >= 15 is 0 Å². The lowest BCUT2D eigenvalue weighted by Crippen LogP contribution is -2.50. The third-order valence-corrected chi connectivity index (χ3v) is 3.44. The summed E-state index contributed by atoms with van der Waals surface area (Å²) in [5.41, 5.74) is 5.77. The fourth-order valence-electron chi connectivity index (χ4n) is 2.26. The van der Waals surface area contributed by atoms with Gasteiger partial charge in [-0.2, -0.15) is 0 Å². The highest BCUT2D eigenvalue weighted by molar-refractivity contribution is 5.87. The van der Waals surface area contributed by atoms with Gasteiger partial charge in [0.15, 0.2) is 0 Å². The van der Waals surface area contributed by atoms with Gasteiger partial charge in [0.2, 0.25) is 11.8 Å². The molecule has 7 nitrogen and oxygen atoms in total. The van der Waals surface area contributed by atoms with Crippen LogP contribution in [0, 0.1) is 11.8 Å². The summed E-state index contributed by atoms with van der Waals surface area (Å²) in [6.45, 7) is 7.45. The number of hydrogen-bond acceptors (Lipinski definition) is 4. The summed E-state index contributed by atoms with van der Waals surface area (Å²) in [6, 6.07) is -1.92. The van der Waals surface area contributed by atoms with E-state index < -0.39 is 29.9 Å². The summed E-state index contributed by atoms with van der Waals surface area (Å²) in [6.07, 6.45) is 2.37. The lowest BCUT2D eigenvalue weighted by Gasteiger charge is -2.24. The van der Waals surface area contributed by atoms with Crippen LogP contribution in [0.15, 0.2) is 12.7 Å². The van der Waals surface area contributed by atoms with Crippen LogP contribution in [0.4, 0.5) is 0 Å². The van der Waals surface area contributed by atoms with Crippen LogP contribution in [-0.4, -0.2) is 54.0 Å². The molecule has 2 amide bonds. The summed E-state index contributed by atoms with van der Waals surface area (Å²) >= 11 is 0. The van der Waals surface area contributed by atoms with Crippen molar-refractivity contribution in [1.82, 2.24) is 10.2 Å². The van der Waals surface area contributed by atoms with Crippen LogP contribution in [0.2, 0.25) is 0 Å². The van der Waals surface area contributed by atoms with Crippen molar-refractivity contribution in [3.05, 3.63) is 12.7 Å². The van der Waals surface area contributed by atoms with Gasteiger partial charge >= 0.3 is 5.97 Å². The van der Waals surface area contributed by atoms with Gasteiger partial charge in [-0.05, 0) is 25.2 Å². The standard InChI is InChI=1S/C16H29N3O4/c1-6-7-11(15(21)19(4)5)9-13(16(22)23)18-14(20)12(17)8-10(2)3/h6,10-13H,1,7-9,17H2,2-5H3,(H,18,20)(H,22,23)/t11?,12?,13-/m0/s1. The zero-order valence-electron chi connectivity index (χ0n) is 14.4. The number of amides is 2. The molecule has 0 rings (SSSR count). The molecule has 0 fully saturated rings. The Kier molecular flexibility index (Phi) is 9.17. The number of hydrogen-bond donors (Lipinski definition) is 3. The Morgan fingerprint density at radius 3 is 2.22 bits per heavy atom. The number of carboxylic acids is 1. The van der Waals surface area contributed by atoms with Gasteiger partial charge in [-0.3, -0.25) is 9.59 Å². The molecule has 0 aromatic carbocycles. The highest BCUT2D eigenvalue weighted by Crippen LogP contribution is 2.15. The Morgan fingerprint density at radius 2 is 1.83 bits per heavy atom. The van der Waals surface area contributed by atoms with Gasteiger partial charge < -0.3 is 21.1 Å². The average Bonchev–Trinajstić information content (AvgIpc) is 2.43. The molecule has 0 aromatic heterocycles. The maximum atomic E-state index is 12.1. The molecule has 0 saturated carbocycles. The first-order chi connectivity index (χ1) is 10.6. The van der Waals surface area contributed by atoms with Gasteiger partial charge in [-0.15, -0.1) is 6.58 Å². The zero-order valence-corrected chi connectivity index (χ0v) is 14.4.